The zero-order chi connectivity index (χ0) is 26.6. The molecule has 1 saturated heterocycles. The first-order chi connectivity index (χ1) is 16.1. The molecule has 35 heavy (non-hydrogen) atoms. The van der Waals surface area contributed by atoms with Crippen molar-refractivity contribution in [1.29, 1.82) is 0 Å². The van der Waals surface area contributed by atoms with E-state index in [0.717, 1.165) is 0 Å². The van der Waals surface area contributed by atoms with Crippen LogP contribution in [0.1, 0.15) is 34.1 Å². The van der Waals surface area contributed by atoms with Crippen molar-refractivity contribution in [2.75, 3.05) is 19.7 Å². The number of sulfonamides is 1. The van der Waals surface area contributed by atoms with Gasteiger partial charge in [-0.15, -0.1) is 0 Å². The highest BCUT2D eigenvalue weighted by atomic mass is 32.2. The number of phenols is 2. The van der Waals surface area contributed by atoms with Crippen molar-refractivity contribution >= 4 is 24.4 Å². The number of para-hydroxylation sites is 1. The van der Waals surface area contributed by atoms with Gasteiger partial charge in [0.15, 0.2) is 19.8 Å². The summed E-state index contributed by atoms with van der Waals surface area (Å²) in [7, 11) is -6.14. The second-order valence-electron chi connectivity index (χ2n) is 10.3. The summed E-state index contributed by atoms with van der Waals surface area (Å²) in [6, 6.07) is 3.40. The third-order valence-electron chi connectivity index (χ3n) is 6.42. The lowest BCUT2D eigenvalue weighted by atomic mass is 10.1. The zero-order valence-electron chi connectivity index (χ0n) is 21.4. The first-order valence-corrected chi connectivity index (χ1v) is 15.9. The van der Waals surface area contributed by atoms with Crippen LogP contribution in [-0.4, -0.2) is 69.8 Å². The summed E-state index contributed by atoms with van der Waals surface area (Å²) in [6.45, 7) is 16.5. The molecule has 2 atom stereocenters. The Morgan fingerprint density at radius 1 is 1.31 bits per heavy atom. The number of ether oxygens (including phenoxy) is 1. The van der Waals surface area contributed by atoms with Gasteiger partial charge >= 0.3 is 6.09 Å². The van der Waals surface area contributed by atoms with Gasteiger partial charge in [0.05, 0.1) is 12.1 Å². The molecule has 0 bridgehead atoms. The van der Waals surface area contributed by atoms with Crippen LogP contribution >= 0.6 is 0 Å². The van der Waals surface area contributed by atoms with E-state index in [2.05, 4.69) is 45.2 Å². The number of likely N-dealkylation sites (tertiary alicyclic amines) is 1. The van der Waals surface area contributed by atoms with E-state index in [0.29, 0.717) is 18.5 Å². The quantitative estimate of drug-likeness (QED) is 0.251. The van der Waals surface area contributed by atoms with Crippen molar-refractivity contribution in [2.45, 2.75) is 69.3 Å². The van der Waals surface area contributed by atoms with Gasteiger partial charge in [0, 0.05) is 13.1 Å². The molecule has 1 heterocycles. The fourth-order valence-corrected chi connectivity index (χ4v) is 6.04. The van der Waals surface area contributed by atoms with Gasteiger partial charge in [-0.05, 0) is 43.6 Å². The molecule has 1 fully saturated rings. The second-order valence-corrected chi connectivity index (χ2v) is 16.8. The summed E-state index contributed by atoms with van der Waals surface area (Å²) in [5, 5.41) is 19.5. The topological polar surface area (TPSA) is 125 Å². The molecule has 1 amide bonds. The molecule has 0 aromatic heterocycles. The predicted molar refractivity (Wildman–Crippen MR) is 137 cm³/mol. The van der Waals surface area contributed by atoms with E-state index >= 15 is 0 Å². The van der Waals surface area contributed by atoms with E-state index in [1.165, 1.54) is 24.3 Å². The SMILES string of the molecule is C=CCOC(=O)N1C[C@H](O[Si](C)(C)C(C)(C)C)C[C@H]1C=C(C)CNS(=O)(=O)c1cccc(O)c1O. The number of amides is 1. The molecule has 0 saturated carbocycles. The summed E-state index contributed by atoms with van der Waals surface area (Å²) in [5.41, 5.74) is 0.674. The number of rotatable bonds is 9. The number of carbonyl (C=O) groups is 1. The number of nitrogens with one attached hydrogen (secondary N) is 1. The molecule has 1 aliphatic rings. The Bertz CT molecular complexity index is 1060. The van der Waals surface area contributed by atoms with Crippen molar-refractivity contribution in [3.8, 4) is 11.5 Å². The van der Waals surface area contributed by atoms with E-state index in [1.807, 2.05) is 6.08 Å². The van der Waals surface area contributed by atoms with E-state index in [1.54, 1.807) is 11.8 Å². The van der Waals surface area contributed by atoms with Gasteiger partial charge in [0.2, 0.25) is 10.0 Å². The van der Waals surface area contributed by atoms with E-state index < -0.39 is 40.8 Å². The zero-order valence-corrected chi connectivity index (χ0v) is 23.2. The molecule has 11 heteroatoms. The standard InChI is InChI=1S/C24H38N2O7SSi/c1-8-12-32-23(29)26-16-19(33-35(6,7)24(3,4)5)14-18(26)13-17(2)15-25-34(30,31)21-11-9-10-20(27)22(21)28/h8-11,13,18-19,25,27-28H,1,12,14-16H2,2-7H3/t18-,19-/m1/s1. The summed E-state index contributed by atoms with van der Waals surface area (Å²) in [5.74, 6) is -1.23. The third-order valence-corrected chi connectivity index (χ3v) is 12.4. The highest BCUT2D eigenvalue weighted by Gasteiger charge is 2.43. The molecule has 9 nitrogen and oxygen atoms in total. The van der Waals surface area contributed by atoms with Crippen LogP contribution < -0.4 is 4.72 Å². The van der Waals surface area contributed by atoms with Gasteiger partial charge in [-0.3, -0.25) is 4.90 Å². The molecule has 0 spiro atoms. The normalized spacial score (nSPS) is 19.6. The average Bonchev–Trinajstić information content (AvgIpc) is 3.13. The Morgan fingerprint density at radius 3 is 2.57 bits per heavy atom. The summed E-state index contributed by atoms with van der Waals surface area (Å²) in [4.78, 5) is 13.9. The summed E-state index contributed by atoms with van der Waals surface area (Å²) in [6.07, 6.45) is 3.24. The van der Waals surface area contributed by atoms with Crippen LogP contribution in [0, 0.1) is 0 Å². The number of carbonyl (C=O) groups excluding carboxylic acids is 1. The van der Waals surface area contributed by atoms with E-state index in [9.17, 15) is 23.4 Å². The Kier molecular flexibility index (Phi) is 9.20. The minimum atomic E-state index is -4.07. The van der Waals surface area contributed by atoms with Gasteiger partial charge in [-0.1, -0.05) is 51.1 Å². The Labute approximate surface area is 209 Å². The molecular weight excluding hydrogens is 488 g/mol. The van der Waals surface area contributed by atoms with Gasteiger partial charge in [-0.25, -0.2) is 17.9 Å². The highest BCUT2D eigenvalue weighted by Crippen LogP contribution is 2.39. The Hall–Kier alpha value is -2.34. The van der Waals surface area contributed by atoms with Crippen LogP contribution in [0.2, 0.25) is 18.1 Å². The molecule has 0 aliphatic carbocycles. The Morgan fingerprint density at radius 2 is 1.97 bits per heavy atom. The summed E-state index contributed by atoms with van der Waals surface area (Å²) >= 11 is 0. The number of hydrogen-bond donors (Lipinski definition) is 3. The van der Waals surface area contributed by atoms with Crippen LogP contribution in [0.3, 0.4) is 0 Å². The van der Waals surface area contributed by atoms with Crippen LogP contribution in [0.25, 0.3) is 0 Å². The van der Waals surface area contributed by atoms with Crippen molar-refractivity contribution in [2.24, 2.45) is 0 Å². The molecule has 3 N–H and O–H groups in total. The lowest BCUT2D eigenvalue weighted by Gasteiger charge is -2.38. The fraction of sp³-hybridized carbons (Fsp3) is 0.542. The fourth-order valence-electron chi connectivity index (χ4n) is 3.49. The van der Waals surface area contributed by atoms with Gasteiger partial charge in [0.1, 0.15) is 11.5 Å². The van der Waals surface area contributed by atoms with Crippen LogP contribution in [-0.2, 0) is 19.2 Å². The predicted octanol–water partition coefficient (Wildman–Crippen LogP) is 4.11. The maximum atomic E-state index is 12.7. The smallest absolute Gasteiger partial charge is 0.410 e. The third kappa shape index (κ3) is 7.32. The minimum absolute atomic E-state index is 0.0146. The largest absolute Gasteiger partial charge is 0.504 e. The number of nitrogens with zero attached hydrogens (tertiary/aromatic N) is 1. The number of phenolic OH excluding ortho intramolecular Hbond substituents is 2. The maximum Gasteiger partial charge on any atom is 0.410 e. The van der Waals surface area contributed by atoms with Crippen LogP contribution in [0.15, 0.2) is 47.4 Å². The molecule has 1 aliphatic heterocycles. The monoisotopic (exact) mass is 526 g/mol. The minimum Gasteiger partial charge on any atom is -0.504 e. The maximum absolute atomic E-state index is 12.7. The molecule has 196 valence electrons. The first-order valence-electron chi connectivity index (χ1n) is 11.5. The number of hydrogen-bond acceptors (Lipinski definition) is 7. The van der Waals surface area contributed by atoms with Crippen molar-refractivity contribution in [3.63, 3.8) is 0 Å². The molecule has 0 radical (unpaired) electrons. The molecule has 1 aromatic rings. The highest BCUT2D eigenvalue weighted by molar-refractivity contribution is 7.89. The molecule has 2 rings (SSSR count). The van der Waals surface area contributed by atoms with Crippen molar-refractivity contribution in [3.05, 3.63) is 42.5 Å². The number of benzene rings is 1. The van der Waals surface area contributed by atoms with Gasteiger partial charge in [0.25, 0.3) is 0 Å². The van der Waals surface area contributed by atoms with Gasteiger partial charge in [-0.2, -0.15) is 0 Å². The van der Waals surface area contributed by atoms with Crippen molar-refractivity contribution in [1.82, 2.24) is 9.62 Å². The van der Waals surface area contributed by atoms with Crippen molar-refractivity contribution < 1.29 is 32.6 Å². The molecule has 0 unspecified atom stereocenters. The Balaban J connectivity index is 2.19. The number of aromatic hydroxyl groups is 2. The summed E-state index contributed by atoms with van der Waals surface area (Å²) < 4.78 is 39.5. The lowest BCUT2D eigenvalue weighted by Crippen LogP contribution is -2.44. The van der Waals surface area contributed by atoms with Gasteiger partial charge < -0.3 is 19.4 Å². The van der Waals surface area contributed by atoms with Crippen LogP contribution in [0.4, 0.5) is 4.79 Å². The molecule has 1 aromatic carbocycles. The average molecular weight is 527 g/mol. The lowest BCUT2D eigenvalue weighted by molar-refractivity contribution is 0.108. The molecular formula is C24H38N2O7SSi. The first kappa shape index (κ1) is 28.9. The second kappa shape index (κ2) is 11.1. The van der Waals surface area contributed by atoms with E-state index in [4.69, 9.17) is 9.16 Å². The van der Waals surface area contributed by atoms with E-state index in [-0.39, 0.29) is 30.3 Å². The van der Waals surface area contributed by atoms with Crippen LogP contribution in [0.5, 0.6) is 11.5 Å².